The second-order valence-corrected chi connectivity index (χ2v) is 5.83. The molecule has 1 fully saturated rings. The third-order valence-electron chi connectivity index (χ3n) is 3.99. The number of fused-ring (bicyclic) bond motifs is 1. The smallest absolute Gasteiger partial charge is 0.178 e. The van der Waals surface area contributed by atoms with Gasteiger partial charge in [0.25, 0.3) is 0 Å². The molecule has 1 unspecified atom stereocenters. The zero-order valence-corrected chi connectivity index (χ0v) is 12.9. The number of imidazole rings is 1. The van der Waals surface area contributed by atoms with E-state index in [1.807, 2.05) is 0 Å². The van der Waals surface area contributed by atoms with Crippen molar-refractivity contribution in [3.8, 4) is 0 Å². The van der Waals surface area contributed by atoms with E-state index in [9.17, 15) is 0 Å². The number of rotatable bonds is 3. The maximum absolute atomic E-state index is 5.89. The lowest BCUT2D eigenvalue weighted by Gasteiger charge is -2.32. The number of nitrogens with one attached hydrogen (secondary N) is 1. The van der Waals surface area contributed by atoms with Crippen molar-refractivity contribution in [3.05, 3.63) is 28.5 Å². The number of H-pyrrole nitrogens is 1. The number of aryl methyl sites for hydroxylation is 1. The van der Waals surface area contributed by atoms with Crippen LogP contribution in [0.1, 0.15) is 12.5 Å². The van der Waals surface area contributed by atoms with Crippen LogP contribution in [0.4, 0.5) is 0 Å². The normalized spacial score (nSPS) is 20.6. The Morgan fingerprint density at radius 1 is 1.45 bits per heavy atom. The molecule has 2 heterocycles. The van der Waals surface area contributed by atoms with Gasteiger partial charge in [0.1, 0.15) is 0 Å². The molecule has 1 aromatic heterocycles. The maximum Gasteiger partial charge on any atom is 0.178 e. The monoisotopic (exact) mass is 291 g/mol. The van der Waals surface area contributed by atoms with E-state index in [1.165, 1.54) is 5.56 Å². The lowest BCUT2D eigenvalue weighted by Crippen LogP contribution is -2.43. The molecule has 0 spiro atoms. The van der Waals surface area contributed by atoms with E-state index in [4.69, 9.17) is 17.0 Å². The predicted molar refractivity (Wildman–Crippen MR) is 83.7 cm³/mol. The molecule has 4 nitrogen and oxygen atoms in total. The van der Waals surface area contributed by atoms with Crippen LogP contribution >= 0.6 is 12.2 Å². The zero-order chi connectivity index (χ0) is 14.1. The number of morpholine rings is 1. The third-order valence-corrected chi connectivity index (χ3v) is 4.31. The summed E-state index contributed by atoms with van der Waals surface area (Å²) in [6.45, 7) is 9.02. The first-order valence-electron chi connectivity index (χ1n) is 7.20. The molecule has 1 aromatic carbocycles. The summed E-state index contributed by atoms with van der Waals surface area (Å²) >= 11 is 5.46. The highest BCUT2D eigenvalue weighted by Gasteiger charge is 2.20. The highest BCUT2D eigenvalue weighted by Crippen LogP contribution is 2.18. The van der Waals surface area contributed by atoms with E-state index in [0.717, 1.165) is 48.6 Å². The molecule has 1 N–H and O–H groups in total. The number of nitrogens with zero attached hydrogens (tertiary/aromatic N) is 2. The van der Waals surface area contributed by atoms with Gasteiger partial charge in [-0.15, -0.1) is 0 Å². The molecule has 1 aliphatic rings. The molecule has 20 heavy (non-hydrogen) atoms. The summed E-state index contributed by atoms with van der Waals surface area (Å²) in [5.41, 5.74) is 3.52. The summed E-state index contributed by atoms with van der Waals surface area (Å²) in [5, 5.41) is 0. The van der Waals surface area contributed by atoms with Gasteiger partial charge in [-0.05, 0) is 43.4 Å². The highest BCUT2D eigenvalue weighted by atomic mass is 32.1. The van der Waals surface area contributed by atoms with Gasteiger partial charge in [0.15, 0.2) is 4.77 Å². The van der Waals surface area contributed by atoms with Crippen molar-refractivity contribution in [2.45, 2.75) is 26.5 Å². The fourth-order valence-corrected chi connectivity index (χ4v) is 3.12. The molecule has 0 saturated carbocycles. The van der Waals surface area contributed by atoms with Gasteiger partial charge in [-0.2, -0.15) is 0 Å². The summed E-state index contributed by atoms with van der Waals surface area (Å²) in [5.74, 6) is 0. The Bertz CT molecular complexity index is 661. The average molecular weight is 291 g/mol. The number of aromatic nitrogens is 2. The summed E-state index contributed by atoms with van der Waals surface area (Å²) in [7, 11) is 0. The largest absolute Gasteiger partial charge is 0.374 e. The van der Waals surface area contributed by atoms with Crippen LogP contribution in [-0.2, 0) is 11.3 Å². The number of aromatic amines is 1. The molecular formula is C15H21N3OS. The van der Waals surface area contributed by atoms with Crippen LogP contribution in [0.3, 0.4) is 0 Å². The van der Waals surface area contributed by atoms with Crippen molar-refractivity contribution in [1.82, 2.24) is 14.5 Å². The number of hydrogen-bond acceptors (Lipinski definition) is 3. The van der Waals surface area contributed by atoms with Crippen LogP contribution in [0, 0.1) is 11.7 Å². The van der Waals surface area contributed by atoms with Crippen molar-refractivity contribution >= 4 is 23.3 Å². The fraction of sp³-hybridized carbons (Fsp3) is 0.533. The second kappa shape index (κ2) is 5.68. The van der Waals surface area contributed by atoms with Crippen molar-refractivity contribution in [2.24, 2.45) is 0 Å². The maximum atomic E-state index is 5.89. The topological polar surface area (TPSA) is 33.2 Å². The first-order valence-corrected chi connectivity index (χ1v) is 7.61. The number of benzene rings is 1. The van der Waals surface area contributed by atoms with Gasteiger partial charge < -0.3 is 14.3 Å². The molecule has 5 heteroatoms. The van der Waals surface area contributed by atoms with Gasteiger partial charge in [0.2, 0.25) is 0 Å². The number of ether oxygens (including phenoxy) is 1. The lowest BCUT2D eigenvalue weighted by atomic mass is 10.2. The molecule has 1 aliphatic heterocycles. The average Bonchev–Trinajstić information content (AvgIpc) is 2.74. The molecule has 0 aliphatic carbocycles. The third kappa shape index (κ3) is 2.66. The van der Waals surface area contributed by atoms with Crippen LogP contribution in [0.25, 0.3) is 11.0 Å². The first kappa shape index (κ1) is 13.8. The summed E-state index contributed by atoms with van der Waals surface area (Å²) in [6.07, 6.45) is 0.218. The van der Waals surface area contributed by atoms with E-state index in [1.54, 1.807) is 0 Å². The Labute approximate surface area is 124 Å². The lowest BCUT2D eigenvalue weighted by molar-refractivity contribution is -0.0339. The van der Waals surface area contributed by atoms with Crippen LogP contribution in [0.5, 0.6) is 0 Å². The van der Waals surface area contributed by atoms with Gasteiger partial charge in [-0.25, -0.2) is 0 Å². The van der Waals surface area contributed by atoms with Crippen molar-refractivity contribution in [1.29, 1.82) is 0 Å². The van der Waals surface area contributed by atoms with Crippen molar-refractivity contribution < 1.29 is 4.74 Å². The van der Waals surface area contributed by atoms with Gasteiger partial charge in [0.05, 0.1) is 30.3 Å². The zero-order valence-electron chi connectivity index (χ0n) is 12.1. The van der Waals surface area contributed by atoms with Crippen LogP contribution in [-0.4, -0.2) is 46.8 Å². The highest BCUT2D eigenvalue weighted by molar-refractivity contribution is 7.71. The summed E-state index contributed by atoms with van der Waals surface area (Å²) in [4.78, 5) is 5.72. The van der Waals surface area contributed by atoms with Gasteiger partial charge in [0, 0.05) is 13.1 Å². The Kier molecular flexibility index (Phi) is 3.92. The predicted octanol–water partition coefficient (Wildman–Crippen LogP) is 2.73. The van der Waals surface area contributed by atoms with Crippen molar-refractivity contribution in [2.75, 3.05) is 26.2 Å². The van der Waals surface area contributed by atoms with E-state index >= 15 is 0 Å². The Balaban J connectivity index is 1.87. The minimum atomic E-state index is 0.218. The molecule has 1 atom stereocenters. The second-order valence-electron chi connectivity index (χ2n) is 5.45. The SMILES string of the molecule is CCN1CCOC(Cn2c(=S)[nH]c3cc(C)ccc32)C1. The van der Waals surface area contributed by atoms with Gasteiger partial charge >= 0.3 is 0 Å². The quantitative estimate of drug-likeness (QED) is 0.883. The summed E-state index contributed by atoms with van der Waals surface area (Å²) in [6, 6.07) is 6.40. The van der Waals surface area contributed by atoms with Gasteiger partial charge in [-0.1, -0.05) is 13.0 Å². The first-order chi connectivity index (χ1) is 9.67. The molecule has 0 radical (unpaired) electrons. The van der Waals surface area contributed by atoms with E-state index in [2.05, 4.69) is 46.5 Å². The summed E-state index contributed by atoms with van der Waals surface area (Å²) < 4.78 is 8.83. The van der Waals surface area contributed by atoms with Crippen LogP contribution in [0.15, 0.2) is 18.2 Å². The molecule has 0 amide bonds. The standard InChI is InChI=1S/C15H21N3OS/c1-3-17-6-7-19-12(9-17)10-18-14-5-4-11(2)8-13(14)16-15(18)20/h4-5,8,12H,3,6-7,9-10H2,1-2H3,(H,16,20). The molecular weight excluding hydrogens is 270 g/mol. The molecule has 0 bridgehead atoms. The van der Waals surface area contributed by atoms with E-state index in [0.29, 0.717) is 0 Å². The van der Waals surface area contributed by atoms with E-state index < -0.39 is 0 Å². The molecule has 2 aromatic rings. The van der Waals surface area contributed by atoms with E-state index in [-0.39, 0.29) is 6.10 Å². The molecule has 108 valence electrons. The van der Waals surface area contributed by atoms with Crippen LogP contribution < -0.4 is 0 Å². The molecule has 3 rings (SSSR count). The van der Waals surface area contributed by atoms with Crippen molar-refractivity contribution in [3.63, 3.8) is 0 Å². The Morgan fingerprint density at radius 3 is 3.10 bits per heavy atom. The fourth-order valence-electron chi connectivity index (χ4n) is 2.84. The van der Waals surface area contributed by atoms with Gasteiger partial charge in [-0.3, -0.25) is 4.90 Å². The number of likely N-dealkylation sites (N-methyl/N-ethyl adjacent to an activating group) is 1. The van der Waals surface area contributed by atoms with Crippen LogP contribution in [0.2, 0.25) is 0 Å². The number of hydrogen-bond donors (Lipinski definition) is 1. The molecule has 1 saturated heterocycles. The Hall–Kier alpha value is -1.17. The minimum absolute atomic E-state index is 0.218. The minimum Gasteiger partial charge on any atom is -0.374 e. The Morgan fingerprint density at radius 2 is 2.30 bits per heavy atom.